The Bertz CT molecular complexity index is 618. The van der Waals surface area contributed by atoms with E-state index in [0.29, 0.717) is 31.7 Å². The van der Waals surface area contributed by atoms with Crippen LogP contribution in [0.4, 0.5) is 0 Å². The van der Waals surface area contributed by atoms with Crippen molar-refractivity contribution in [1.82, 2.24) is 25.0 Å². The maximum Gasteiger partial charge on any atom is 0.194 e. The van der Waals surface area contributed by atoms with Crippen molar-refractivity contribution in [1.29, 1.82) is 0 Å². The van der Waals surface area contributed by atoms with Gasteiger partial charge in [-0.05, 0) is 26.2 Å². The van der Waals surface area contributed by atoms with Gasteiger partial charge in [0.25, 0.3) is 0 Å². The molecule has 28 heavy (non-hydrogen) atoms. The molecule has 1 unspecified atom stereocenters. The molecule has 2 aliphatic rings. The summed E-state index contributed by atoms with van der Waals surface area (Å²) in [5.41, 5.74) is 0. The summed E-state index contributed by atoms with van der Waals surface area (Å²) in [7, 11) is 3.70. The Balaban J connectivity index is 0.00000280. The van der Waals surface area contributed by atoms with Crippen molar-refractivity contribution < 1.29 is 9.47 Å². The Labute approximate surface area is 185 Å². The summed E-state index contributed by atoms with van der Waals surface area (Å²) in [6, 6.07) is 0.544. The molecule has 0 radical (unpaired) electrons. The number of aliphatic imine (C=N–C) groups is 1. The molecule has 2 heterocycles. The number of nitrogens with one attached hydrogen (secondary N) is 1. The minimum absolute atomic E-state index is 0. The number of hydrogen-bond donors (Lipinski definition) is 1. The maximum atomic E-state index is 5.73. The standard InChI is InChI=1S/C19H34N6O2.HI/c1-15-22-23-18(24(15)2)12-20-19(21-17-6-4-5-7-17)25-9-8-16(13-25)14-27-11-10-26-3;/h16-17H,4-14H2,1-3H3,(H,20,21);1H. The molecule has 1 aliphatic heterocycles. The summed E-state index contributed by atoms with van der Waals surface area (Å²) in [5.74, 6) is 3.38. The number of nitrogens with zero attached hydrogens (tertiary/aromatic N) is 5. The number of ether oxygens (including phenoxy) is 2. The van der Waals surface area contributed by atoms with Gasteiger partial charge in [-0.2, -0.15) is 0 Å². The topological polar surface area (TPSA) is 76.8 Å². The molecule has 1 saturated heterocycles. The normalized spacial score (nSPS) is 20.6. The van der Waals surface area contributed by atoms with E-state index in [0.717, 1.165) is 43.7 Å². The molecule has 9 heteroatoms. The molecular weight excluding hydrogens is 471 g/mol. The van der Waals surface area contributed by atoms with Crippen LogP contribution in [0.25, 0.3) is 0 Å². The molecule has 1 atom stereocenters. The highest BCUT2D eigenvalue weighted by atomic mass is 127. The first-order valence-corrected chi connectivity index (χ1v) is 10.1. The summed E-state index contributed by atoms with van der Waals surface area (Å²) < 4.78 is 12.8. The summed E-state index contributed by atoms with van der Waals surface area (Å²) in [6.45, 7) is 6.64. The fourth-order valence-electron chi connectivity index (χ4n) is 3.78. The van der Waals surface area contributed by atoms with Crippen molar-refractivity contribution >= 4 is 29.9 Å². The lowest BCUT2D eigenvalue weighted by atomic mass is 10.1. The number of aromatic nitrogens is 3. The van der Waals surface area contributed by atoms with Crippen molar-refractivity contribution in [3.05, 3.63) is 11.6 Å². The van der Waals surface area contributed by atoms with Crippen LogP contribution >= 0.6 is 24.0 Å². The number of hydrogen-bond acceptors (Lipinski definition) is 5. The van der Waals surface area contributed by atoms with Gasteiger partial charge in [-0.3, -0.25) is 0 Å². The number of rotatable bonds is 8. The predicted octanol–water partition coefficient (Wildman–Crippen LogP) is 2.11. The zero-order valence-corrected chi connectivity index (χ0v) is 19.7. The number of methoxy groups -OCH3 is 1. The van der Waals surface area contributed by atoms with Gasteiger partial charge in [-0.25, -0.2) is 4.99 Å². The summed E-state index contributed by atoms with van der Waals surface area (Å²) in [4.78, 5) is 7.29. The Morgan fingerprint density at radius 1 is 1.21 bits per heavy atom. The lowest BCUT2D eigenvalue weighted by molar-refractivity contribution is 0.0536. The van der Waals surface area contributed by atoms with Crippen LogP contribution in [0.5, 0.6) is 0 Å². The fraction of sp³-hybridized carbons (Fsp3) is 0.842. The quantitative estimate of drug-likeness (QED) is 0.252. The predicted molar refractivity (Wildman–Crippen MR) is 120 cm³/mol. The first kappa shape index (κ1) is 23.3. The molecule has 1 aromatic heterocycles. The lowest BCUT2D eigenvalue weighted by Gasteiger charge is -2.25. The average Bonchev–Trinajstić information content (AvgIpc) is 3.40. The molecule has 0 bridgehead atoms. The molecule has 0 amide bonds. The molecule has 8 nitrogen and oxygen atoms in total. The minimum Gasteiger partial charge on any atom is -0.382 e. The van der Waals surface area contributed by atoms with Crippen LogP contribution in [-0.4, -0.2) is 71.7 Å². The molecule has 1 saturated carbocycles. The first-order chi connectivity index (χ1) is 13.2. The third-order valence-electron chi connectivity index (χ3n) is 5.61. The van der Waals surface area contributed by atoms with Gasteiger partial charge in [-0.15, -0.1) is 34.2 Å². The van der Waals surface area contributed by atoms with E-state index >= 15 is 0 Å². The van der Waals surface area contributed by atoms with Crippen LogP contribution < -0.4 is 5.32 Å². The highest BCUT2D eigenvalue weighted by Gasteiger charge is 2.27. The van der Waals surface area contributed by atoms with E-state index in [9.17, 15) is 0 Å². The largest absolute Gasteiger partial charge is 0.382 e. The van der Waals surface area contributed by atoms with Gasteiger partial charge < -0.3 is 24.3 Å². The zero-order valence-electron chi connectivity index (χ0n) is 17.4. The second kappa shape index (κ2) is 11.9. The van der Waals surface area contributed by atoms with Crippen LogP contribution in [0.3, 0.4) is 0 Å². The molecule has 0 aromatic carbocycles. The van der Waals surface area contributed by atoms with Crippen LogP contribution in [-0.2, 0) is 23.1 Å². The van der Waals surface area contributed by atoms with Gasteiger partial charge in [0.15, 0.2) is 11.8 Å². The number of guanidine groups is 1. The first-order valence-electron chi connectivity index (χ1n) is 10.1. The molecule has 2 fully saturated rings. The molecule has 1 aromatic rings. The Morgan fingerprint density at radius 3 is 2.68 bits per heavy atom. The molecule has 0 spiro atoms. The van der Waals surface area contributed by atoms with E-state index in [1.54, 1.807) is 7.11 Å². The van der Waals surface area contributed by atoms with Gasteiger partial charge in [0.2, 0.25) is 0 Å². The van der Waals surface area contributed by atoms with Crippen LogP contribution in [0, 0.1) is 12.8 Å². The third-order valence-corrected chi connectivity index (χ3v) is 5.61. The Hall–Kier alpha value is -0.940. The van der Waals surface area contributed by atoms with Gasteiger partial charge >= 0.3 is 0 Å². The lowest BCUT2D eigenvalue weighted by Crippen LogP contribution is -2.44. The Morgan fingerprint density at radius 2 is 2.00 bits per heavy atom. The molecule has 1 aliphatic carbocycles. The molecule has 3 rings (SSSR count). The SMILES string of the molecule is COCCOCC1CCN(C(=NCc2nnc(C)n2C)NC2CCCC2)C1.I. The Kier molecular flexibility index (Phi) is 9.93. The second-order valence-corrected chi connectivity index (χ2v) is 7.66. The molecular formula is C19H35IN6O2. The average molecular weight is 506 g/mol. The van der Waals surface area contributed by atoms with E-state index in [1.807, 2.05) is 18.5 Å². The van der Waals surface area contributed by atoms with Crippen LogP contribution in [0.2, 0.25) is 0 Å². The number of halogens is 1. The third kappa shape index (κ3) is 6.55. The van der Waals surface area contributed by atoms with Crippen molar-refractivity contribution in [2.24, 2.45) is 18.0 Å². The smallest absolute Gasteiger partial charge is 0.194 e. The molecule has 1 N–H and O–H groups in total. The number of aryl methyl sites for hydroxylation is 1. The van der Waals surface area contributed by atoms with E-state index in [-0.39, 0.29) is 24.0 Å². The maximum absolute atomic E-state index is 5.73. The van der Waals surface area contributed by atoms with E-state index < -0.39 is 0 Å². The van der Waals surface area contributed by atoms with E-state index in [2.05, 4.69) is 20.4 Å². The van der Waals surface area contributed by atoms with Crippen LogP contribution in [0.15, 0.2) is 4.99 Å². The van der Waals surface area contributed by atoms with Crippen molar-refractivity contribution in [2.45, 2.75) is 51.6 Å². The van der Waals surface area contributed by atoms with E-state index in [4.69, 9.17) is 14.5 Å². The zero-order chi connectivity index (χ0) is 19.1. The molecule has 160 valence electrons. The van der Waals surface area contributed by atoms with Gasteiger partial charge in [0, 0.05) is 39.2 Å². The summed E-state index contributed by atoms with van der Waals surface area (Å²) in [5, 5.41) is 12.1. The van der Waals surface area contributed by atoms with E-state index in [1.165, 1.54) is 25.7 Å². The summed E-state index contributed by atoms with van der Waals surface area (Å²) >= 11 is 0. The number of likely N-dealkylation sites (tertiary alicyclic amines) is 1. The van der Waals surface area contributed by atoms with Gasteiger partial charge in [0.05, 0.1) is 19.8 Å². The fourth-order valence-corrected chi connectivity index (χ4v) is 3.78. The van der Waals surface area contributed by atoms with Crippen LogP contribution in [0.1, 0.15) is 43.8 Å². The second-order valence-electron chi connectivity index (χ2n) is 7.66. The van der Waals surface area contributed by atoms with Crippen molar-refractivity contribution in [3.63, 3.8) is 0 Å². The van der Waals surface area contributed by atoms with Gasteiger partial charge in [-0.1, -0.05) is 12.8 Å². The highest BCUT2D eigenvalue weighted by molar-refractivity contribution is 14.0. The van der Waals surface area contributed by atoms with Gasteiger partial charge in [0.1, 0.15) is 12.4 Å². The van der Waals surface area contributed by atoms with Crippen molar-refractivity contribution in [3.8, 4) is 0 Å². The highest BCUT2D eigenvalue weighted by Crippen LogP contribution is 2.21. The minimum atomic E-state index is 0. The monoisotopic (exact) mass is 506 g/mol. The summed E-state index contributed by atoms with van der Waals surface area (Å²) in [6.07, 6.45) is 6.23. The van der Waals surface area contributed by atoms with Crippen molar-refractivity contribution in [2.75, 3.05) is 40.0 Å².